The summed E-state index contributed by atoms with van der Waals surface area (Å²) in [4.78, 5) is 12.1. The number of halogens is 2. The molecule has 1 fully saturated rings. The average molecular weight is 317 g/mol. The third-order valence-corrected chi connectivity index (χ3v) is 4.85. The molecule has 2 aromatic rings. The number of anilines is 1. The number of hydrogen-bond donors (Lipinski definition) is 1. The lowest BCUT2D eigenvalue weighted by atomic mass is 9.87. The van der Waals surface area contributed by atoms with Crippen LogP contribution in [0.2, 0.25) is 0 Å². The van der Waals surface area contributed by atoms with Gasteiger partial charge in [0.05, 0.1) is 12.2 Å². The average Bonchev–Trinajstić information content (AvgIpc) is 3.17. The quantitative estimate of drug-likeness (QED) is 0.917. The van der Waals surface area contributed by atoms with Crippen LogP contribution in [-0.2, 0) is 4.79 Å². The number of aromatic nitrogens is 2. The Bertz CT molecular complexity index is 765. The van der Waals surface area contributed by atoms with E-state index in [1.807, 2.05) is 4.68 Å². The number of carbonyl (C=O) groups is 1. The molecule has 1 aliphatic carbocycles. The maximum absolute atomic E-state index is 14.2. The van der Waals surface area contributed by atoms with Gasteiger partial charge in [-0.05, 0) is 36.6 Å². The Hall–Kier alpha value is -2.24. The van der Waals surface area contributed by atoms with Crippen molar-refractivity contribution in [3.8, 4) is 0 Å². The molecule has 1 atom stereocenters. The van der Waals surface area contributed by atoms with Crippen LogP contribution in [0.4, 0.5) is 14.6 Å². The van der Waals surface area contributed by atoms with Gasteiger partial charge in [0.1, 0.15) is 17.5 Å². The molecule has 120 valence electrons. The van der Waals surface area contributed by atoms with Crippen LogP contribution in [0.5, 0.6) is 0 Å². The number of fused-ring (bicyclic) bond motifs is 1. The molecule has 4 rings (SSSR count). The van der Waals surface area contributed by atoms with Gasteiger partial charge in [-0.25, -0.2) is 13.5 Å². The zero-order chi connectivity index (χ0) is 16.0. The maximum Gasteiger partial charge on any atom is 0.226 e. The molecule has 0 spiro atoms. The van der Waals surface area contributed by atoms with Crippen LogP contribution in [0.15, 0.2) is 24.4 Å². The Labute approximate surface area is 132 Å². The number of carbonyl (C=O) groups excluding carboxylic acids is 1. The normalized spacial score (nSPS) is 21.3. The minimum absolute atomic E-state index is 0.101. The molecular formula is C17H17F2N3O. The summed E-state index contributed by atoms with van der Waals surface area (Å²) in [5.41, 5.74) is 0.980. The highest BCUT2D eigenvalue weighted by molar-refractivity contribution is 5.94. The predicted molar refractivity (Wildman–Crippen MR) is 81.2 cm³/mol. The van der Waals surface area contributed by atoms with Crippen LogP contribution in [0.1, 0.15) is 55.2 Å². The molecule has 0 saturated heterocycles. The molecule has 4 nitrogen and oxygen atoms in total. The van der Waals surface area contributed by atoms with Gasteiger partial charge in [0.15, 0.2) is 0 Å². The fourth-order valence-electron chi connectivity index (χ4n) is 3.72. The smallest absolute Gasteiger partial charge is 0.226 e. The van der Waals surface area contributed by atoms with E-state index in [2.05, 4.69) is 10.4 Å². The number of amides is 1. The number of nitrogens with one attached hydrogen (secondary N) is 1. The first-order valence-corrected chi connectivity index (χ1v) is 7.95. The van der Waals surface area contributed by atoms with Gasteiger partial charge in [-0.15, -0.1) is 0 Å². The van der Waals surface area contributed by atoms with Gasteiger partial charge >= 0.3 is 0 Å². The van der Waals surface area contributed by atoms with E-state index in [-0.39, 0.29) is 23.9 Å². The van der Waals surface area contributed by atoms with Gasteiger partial charge < -0.3 is 5.32 Å². The Kier molecular flexibility index (Phi) is 3.39. The highest BCUT2D eigenvalue weighted by atomic mass is 19.1. The van der Waals surface area contributed by atoms with E-state index in [1.54, 1.807) is 6.20 Å². The lowest BCUT2D eigenvalue weighted by Crippen LogP contribution is -2.26. The molecular weight excluding hydrogens is 300 g/mol. The third-order valence-electron chi connectivity index (χ3n) is 4.85. The number of nitrogens with zero attached hydrogens (tertiary/aromatic N) is 2. The molecule has 23 heavy (non-hydrogen) atoms. The van der Waals surface area contributed by atoms with Crippen LogP contribution in [-0.4, -0.2) is 15.7 Å². The van der Waals surface area contributed by atoms with Crippen LogP contribution < -0.4 is 5.32 Å². The highest BCUT2D eigenvalue weighted by Gasteiger charge is 2.33. The predicted octanol–water partition coefficient (Wildman–Crippen LogP) is 3.75. The van der Waals surface area contributed by atoms with Crippen LogP contribution in [0.25, 0.3) is 0 Å². The monoisotopic (exact) mass is 317 g/mol. The summed E-state index contributed by atoms with van der Waals surface area (Å²) in [5.74, 6) is -1.04. The van der Waals surface area contributed by atoms with E-state index < -0.39 is 17.6 Å². The number of rotatable bonds is 2. The lowest BCUT2D eigenvalue weighted by Gasteiger charge is -2.25. The highest BCUT2D eigenvalue weighted by Crippen LogP contribution is 2.41. The van der Waals surface area contributed by atoms with Crippen LogP contribution in [0.3, 0.4) is 0 Å². The molecule has 0 unspecified atom stereocenters. The van der Waals surface area contributed by atoms with E-state index in [9.17, 15) is 13.6 Å². The molecule has 1 saturated carbocycles. The Balaban J connectivity index is 1.79. The second-order valence-electron chi connectivity index (χ2n) is 6.30. The van der Waals surface area contributed by atoms with Crippen molar-refractivity contribution in [2.75, 3.05) is 5.32 Å². The first-order valence-electron chi connectivity index (χ1n) is 7.95. The van der Waals surface area contributed by atoms with Crippen molar-refractivity contribution < 1.29 is 13.6 Å². The standard InChI is InChI=1S/C17H17F2N3O/c18-10-5-6-15(19)13(7-10)12-8-16(23)21-17-14(12)9-20-22(17)11-3-1-2-4-11/h5-7,9,11-12H,1-4,8H2,(H,21,23)/t12-/m1/s1. The van der Waals surface area contributed by atoms with E-state index in [0.717, 1.165) is 43.4 Å². The summed E-state index contributed by atoms with van der Waals surface area (Å²) in [7, 11) is 0. The van der Waals surface area contributed by atoms with Crippen molar-refractivity contribution >= 4 is 11.7 Å². The second kappa shape index (κ2) is 5.44. The van der Waals surface area contributed by atoms with Gasteiger partial charge in [-0.3, -0.25) is 4.79 Å². The van der Waals surface area contributed by atoms with Gasteiger partial charge in [0.25, 0.3) is 0 Å². The van der Waals surface area contributed by atoms with Crippen LogP contribution >= 0.6 is 0 Å². The molecule has 0 radical (unpaired) electrons. The van der Waals surface area contributed by atoms with Crippen molar-refractivity contribution in [3.63, 3.8) is 0 Å². The first-order chi connectivity index (χ1) is 11.1. The summed E-state index contributed by atoms with van der Waals surface area (Å²) >= 11 is 0. The topological polar surface area (TPSA) is 46.9 Å². The van der Waals surface area contributed by atoms with Crippen molar-refractivity contribution in [2.45, 2.75) is 44.1 Å². The Morgan fingerprint density at radius 1 is 1.17 bits per heavy atom. The summed E-state index contributed by atoms with van der Waals surface area (Å²) in [5, 5.41) is 7.29. The molecule has 6 heteroatoms. The SMILES string of the molecule is O=C1C[C@H](c2cc(F)ccc2F)c2cnn(C3CCCC3)c2N1. The lowest BCUT2D eigenvalue weighted by molar-refractivity contribution is -0.116. The van der Waals surface area contributed by atoms with Crippen LogP contribution in [0, 0.1) is 11.6 Å². The van der Waals surface area contributed by atoms with Gasteiger partial charge in [0, 0.05) is 17.9 Å². The fourth-order valence-corrected chi connectivity index (χ4v) is 3.72. The van der Waals surface area contributed by atoms with Gasteiger partial charge in [0.2, 0.25) is 5.91 Å². The minimum Gasteiger partial charge on any atom is -0.311 e. The zero-order valence-electron chi connectivity index (χ0n) is 12.6. The van der Waals surface area contributed by atoms with E-state index in [1.165, 1.54) is 6.07 Å². The van der Waals surface area contributed by atoms with Crippen molar-refractivity contribution in [1.82, 2.24) is 9.78 Å². The minimum atomic E-state index is -0.503. The number of hydrogen-bond acceptors (Lipinski definition) is 2. The summed E-state index contributed by atoms with van der Waals surface area (Å²) < 4.78 is 29.5. The molecule has 1 amide bonds. The summed E-state index contributed by atoms with van der Waals surface area (Å²) in [6, 6.07) is 3.65. The largest absolute Gasteiger partial charge is 0.311 e. The Morgan fingerprint density at radius 3 is 2.74 bits per heavy atom. The van der Waals surface area contributed by atoms with E-state index in [0.29, 0.717) is 5.82 Å². The van der Waals surface area contributed by atoms with Gasteiger partial charge in [-0.1, -0.05) is 12.8 Å². The van der Waals surface area contributed by atoms with Crippen molar-refractivity contribution in [3.05, 3.63) is 47.2 Å². The molecule has 1 aliphatic heterocycles. The molecule has 1 aromatic heterocycles. The molecule has 1 aromatic carbocycles. The van der Waals surface area contributed by atoms with Crippen molar-refractivity contribution in [2.24, 2.45) is 0 Å². The summed E-state index contributed by atoms with van der Waals surface area (Å²) in [6.07, 6.45) is 6.14. The molecule has 2 aliphatic rings. The molecule has 2 heterocycles. The van der Waals surface area contributed by atoms with Gasteiger partial charge in [-0.2, -0.15) is 5.10 Å². The fraction of sp³-hybridized carbons (Fsp3) is 0.412. The van der Waals surface area contributed by atoms with Crippen molar-refractivity contribution in [1.29, 1.82) is 0 Å². The third kappa shape index (κ3) is 2.42. The first kappa shape index (κ1) is 14.4. The van der Waals surface area contributed by atoms with E-state index >= 15 is 0 Å². The maximum atomic E-state index is 14.2. The number of benzene rings is 1. The van der Waals surface area contributed by atoms with E-state index in [4.69, 9.17) is 0 Å². The molecule has 1 N–H and O–H groups in total. The molecule has 0 bridgehead atoms. The second-order valence-corrected chi connectivity index (χ2v) is 6.30. The zero-order valence-corrected chi connectivity index (χ0v) is 12.6. The Morgan fingerprint density at radius 2 is 1.96 bits per heavy atom. The summed E-state index contributed by atoms with van der Waals surface area (Å²) in [6.45, 7) is 0.